The lowest BCUT2D eigenvalue weighted by Crippen LogP contribution is -2.31. The molecule has 0 saturated carbocycles. The number of benzene rings is 1. The molecule has 0 aliphatic carbocycles. The van der Waals surface area contributed by atoms with Gasteiger partial charge in [-0.05, 0) is 26.0 Å². The minimum absolute atomic E-state index is 0.0614. The Morgan fingerprint density at radius 3 is 2.22 bits per heavy atom. The molecular weight excluding hydrogens is 228 g/mol. The lowest BCUT2D eigenvalue weighted by Gasteiger charge is -2.14. The van der Waals surface area contributed by atoms with Crippen molar-refractivity contribution in [1.29, 1.82) is 0 Å². The van der Waals surface area contributed by atoms with E-state index >= 15 is 0 Å². The van der Waals surface area contributed by atoms with Crippen molar-refractivity contribution in [2.45, 2.75) is 33.7 Å². The molecule has 0 aliphatic heterocycles. The number of amides is 2. The van der Waals surface area contributed by atoms with Crippen LogP contribution in [0.1, 0.15) is 38.1 Å². The molecule has 0 aliphatic rings. The number of rotatable bonds is 4. The molecule has 0 radical (unpaired) electrons. The monoisotopic (exact) mass is 248 g/mol. The van der Waals surface area contributed by atoms with Crippen molar-refractivity contribution in [3.8, 4) is 0 Å². The van der Waals surface area contributed by atoms with E-state index in [0.29, 0.717) is 11.3 Å². The van der Waals surface area contributed by atoms with Gasteiger partial charge in [0.25, 0.3) is 5.91 Å². The van der Waals surface area contributed by atoms with Gasteiger partial charge in [0.15, 0.2) is 0 Å². The summed E-state index contributed by atoms with van der Waals surface area (Å²) in [5, 5.41) is 5.58. The summed E-state index contributed by atoms with van der Waals surface area (Å²) in [6.45, 7) is 7.42. The number of hydrogen-bond donors (Lipinski definition) is 2. The summed E-state index contributed by atoms with van der Waals surface area (Å²) < 4.78 is 0. The Morgan fingerprint density at radius 1 is 1.06 bits per heavy atom. The summed E-state index contributed by atoms with van der Waals surface area (Å²) in [6.07, 6.45) is 0. The summed E-state index contributed by atoms with van der Waals surface area (Å²) in [7, 11) is 0. The minimum Gasteiger partial charge on any atom is -0.350 e. The molecular formula is C14H20N2O2. The van der Waals surface area contributed by atoms with Gasteiger partial charge in [-0.2, -0.15) is 0 Å². The average molecular weight is 248 g/mol. The van der Waals surface area contributed by atoms with Crippen molar-refractivity contribution in [2.24, 2.45) is 5.92 Å². The Bertz CT molecular complexity index is 439. The Hall–Kier alpha value is -1.84. The van der Waals surface area contributed by atoms with Crippen molar-refractivity contribution >= 4 is 17.5 Å². The number of hydrogen-bond acceptors (Lipinski definition) is 2. The molecule has 0 fully saturated rings. The van der Waals surface area contributed by atoms with Crippen LogP contribution >= 0.6 is 0 Å². The van der Waals surface area contributed by atoms with E-state index in [1.54, 1.807) is 24.3 Å². The summed E-state index contributed by atoms with van der Waals surface area (Å²) in [5.74, 6) is -0.393. The van der Waals surface area contributed by atoms with E-state index in [0.717, 1.165) is 0 Å². The van der Waals surface area contributed by atoms with Gasteiger partial charge in [-0.1, -0.05) is 26.0 Å². The molecule has 0 aromatic heterocycles. The zero-order valence-electron chi connectivity index (χ0n) is 11.3. The smallest absolute Gasteiger partial charge is 0.253 e. The zero-order chi connectivity index (χ0) is 13.7. The highest BCUT2D eigenvalue weighted by Crippen LogP contribution is 2.16. The van der Waals surface area contributed by atoms with Gasteiger partial charge >= 0.3 is 0 Å². The first-order chi connectivity index (χ1) is 8.41. The van der Waals surface area contributed by atoms with Gasteiger partial charge in [0.05, 0.1) is 11.3 Å². The maximum absolute atomic E-state index is 12.0. The van der Waals surface area contributed by atoms with Crippen molar-refractivity contribution in [3.05, 3.63) is 29.8 Å². The van der Waals surface area contributed by atoms with Crippen LogP contribution in [0.4, 0.5) is 5.69 Å². The molecule has 18 heavy (non-hydrogen) atoms. The summed E-state index contributed by atoms with van der Waals surface area (Å²) >= 11 is 0. The number of anilines is 1. The van der Waals surface area contributed by atoms with Crippen molar-refractivity contribution in [2.75, 3.05) is 5.32 Å². The number of nitrogens with one attached hydrogen (secondary N) is 2. The number of carbonyl (C=O) groups excluding carboxylic acids is 2. The van der Waals surface area contributed by atoms with Gasteiger partial charge in [-0.15, -0.1) is 0 Å². The molecule has 1 aromatic rings. The van der Waals surface area contributed by atoms with Gasteiger partial charge in [-0.3, -0.25) is 9.59 Å². The van der Waals surface area contributed by atoms with Crippen LogP contribution in [0, 0.1) is 5.92 Å². The van der Waals surface area contributed by atoms with E-state index < -0.39 is 0 Å². The van der Waals surface area contributed by atoms with Crippen molar-refractivity contribution in [1.82, 2.24) is 5.32 Å². The van der Waals surface area contributed by atoms with Gasteiger partial charge in [-0.25, -0.2) is 0 Å². The first kappa shape index (κ1) is 14.2. The minimum atomic E-state index is -0.176. The first-order valence-electron chi connectivity index (χ1n) is 6.12. The highest BCUT2D eigenvalue weighted by atomic mass is 16.2. The maximum atomic E-state index is 12.0. The van der Waals surface area contributed by atoms with E-state index in [9.17, 15) is 9.59 Å². The molecule has 0 heterocycles. The lowest BCUT2D eigenvalue weighted by atomic mass is 10.1. The van der Waals surface area contributed by atoms with Crippen molar-refractivity contribution < 1.29 is 9.59 Å². The molecule has 2 N–H and O–H groups in total. The van der Waals surface area contributed by atoms with Crippen LogP contribution in [0.3, 0.4) is 0 Å². The van der Waals surface area contributed by atoms with Crippen LogP contribution in [0.25, 0.3) is 0 Å². The fraction of sp³-hybridized carbons (Fsp3) is 0.429. The Kier molecular flexibility index (Phi) is 4.89. The van der Waals surface area contributed by atoms with Crippen LogP contribution in [-0.4, -0.2) is 17.9 Å². The molecule has 4 heteroatoms. The number of para-hydroxylation sites is 1. The van der Waals surface area contributed by atoms with E-state index in [-0.39, 0.29) is 23.8 Å². The summed E-state index contributed by atoms with van der Waals surface area (Å²) in [6, 6.07) is 7.07. The third kappa shape index (κ3) is 3.87. The standard InChI is InChI=1S/C14H20N2O2/c1-9(2)13(17)16-12-8-6-5-7-11(12)14(18)15-10(3)4/h5-10H,1-4H3,(H,15,18)(H,16,17). The quantitative estimate of drug-likeness (QED) is 0.859. The second-order valence-corrected chi connectivity index (χ2v) is 4.82. The predicted molar refractivity (Wildman–Crippen MR) is 72.5 cm³/mol. The molecule has 4 nitrogen and oxygen atoms in total. The third-order valence-corrected chi connectivity index (χ3v) is 2.37. The zero-order valence-corrected chi connectivity index (χ0v) is 11.3. The lowest BCUT2D eigenvalue weighted by molar-refractivity contribution is -0.118. The Morgan fingerprint density at radius 2 is 1.67 bits per heavy atom. The molecule has 1 aromatic carbocycles. The molecule has 0 spiro atoms. The third-order valence-electron chi connectivity index (χ3n) is 2.37. The molecule has 1 rings (SSSR count). The fourth-order valence-electron chi connectivity index (χ4n) is 1.41. The van der Waals surface area contributed by atoms with Crippen LogP contribution in [-0.2, 0) is 4.79 Å². The van der Waals surface area contributed by atoms with E-state index in [2.05, 4.69) is 10.6 Å². The normalized spacial score (nSPS) is 10.6. The highest BCUT2D eigenvalue weighted by molar-refractivity contribution is 6.04. The van der Waals surface area contributed by atoms with Gasteiger partial charge in [0.1, 0.15) is 0 Å². The van der Waals surface area contributed by atoms with Crippen molar-refractivity contribution in [3.63, 3.8) is 0 Å². The molecule has 0 saturated heterocycles. The van der Waals surface area contributed by atoms with E-state index in [1.165, 1.54) is 0 Å². The highest BCUT2D eigenvalue weighted by Gasteiger charge is 2.14. The van der Waals surface area contributed by atoms with Crippen LogP contribution in [0.5, 0.6) is 0 Å². The van der Waals surface area contributed by atoms with Crippen LogP contribution < -0.4 is 10.6 Å². The summed E-state index contributed by atoms with van der Waals surface area (Å²) in [5.41, 5.74) is 1.04. The maximum Gasteiger partial charge on any atom is 0.253 e. The number of carbonyl (C=O) groups is 2. The molecule has 2 amide bonds. The van der Waals surface area contributed by atoms with Gasteiger partial charge in [0, 0.05) is 12.0 Å². The molecule has 0 bridgehead atoms. The van der Waals surface area contributed by atoms with Crippen LogP contribution in [0.2, 0.25) is 0 Å². The topological polar surface area (TPSA) is 58.2 Å². The second-order valence-electron chi connectivity index (χ2n) is 4.82. The summed E-state index contributed by atoms with van der Waals surface area (Å²) in [4.78, 5) is 23.6. The van der Waals surface area contributed by atoms with Gasteiger partial charge in [0.2, 0.25) is 5.91 Å². The molecule has 0 atom stereocenters. The SMILES string of the molecule is CC(C)NC(=O)c1ccccc1NC(=O)C(C)C. The fourth-order valence-corrected chi connectivity index (χ4v) is 1.41. The molecule has 0 unspecified atom stereocenters. The second kappa shape index (κ2) is 6.19. The van der Waals surface area contributed by atoms with Crippen LogP contribution in [0.15, 0.2) is 24.3 Å². The average Bonchev–Trinajstić information content (AvgIpc) is 2.28. The first-order valence-corrected chi connectivity index (χ1v) is 6.12. The van der Waals surface area contributed by atoms with E-state index in [1.807, 2.05) is 27.7 Å². The van der Waals surface area contributed by atoms with Gasteiger partial charge < -0.3 is 10.6 Å². The Labute approximate surface area is 108 Å². The largest absolute Gasteiger partial charge is 0.350 e. The Balaban J connectivity index is 2.92. The van der Waals surface area contributed by atoms with E-state index in [4.69, 9.17) is 0 Å². The molecule has 98 valence electrons. The predicted octanol–water partition coefficient (Wildman–Crippen LogP) is 2.42.